The van der Waals surface area contributed by atoms with Gasteiger partial charge in [-0.15, -0.1) is 11.3 Å². The van der Waals surface area contributed by atoms with Crippen molar-refractivity contribution in [3.05, 3.63) is 87.9 Å². The van der Waals surface area contributed by atoms with Crippen LogP contribution >= 0.6 is 11.3 Å². The normalized spacial score (nSPS) is 16.9. The van der Waals surface area contributed by atoms with Gasteiger partial charge in [0, 0.05) is 29.1 Å². The highest BCUT2D eigenvalue weighted by Crippen LogP contribution is 2.25. The Morgan fingerprint density at radius 3 is 2.61 bits per heavy atom. The van der Waals surface area contributed by atoms with Crippen molar-refractivity contribution in [1.82, 2.24) is 9.62 Å². The first-order chi connectivity index (χ1) is 14.9. The van der Waals surface area contributed by atoms with Crippen LogP contribution in [0.5, 0.6) is 0 Å². The SMILES string of the molecule is O=C(c1ccc(S(=O)(=O)NCc2cccs2)cc1)N1CCOC(c2ccccc2F)C1. The molecule has 0 bridgehead atoms. The third kappa shape index (κ3) is 5.01. The largest absolute Gasteiger partial charge is 0.370 e. The van der Waals surface area contributed by atoms with Gasteiger partial charge in [0.25, 0.3) is 5.91 Å². The molecule has 1 aliphatic rings. The Balaban J connectivity index is 1.43. The molecule has 9 heteroatoms. The van der Waals surface area contributed by atoms with E-state index < -0.39 is 16.1 Å². The summed E-state index contributed by atoms with van der Waals surface area (Å²) in [6.45, 7) is 1.12. The Morgan fingerprint density at radius 1 is 1.13 bits per heavy atom. The molecule has 31 heavy (non-hydrogen) atoms. The minimum absolute atomic E-state index is 0.0896. The van der Waals surface area contributed by atoms with Gasteiger partial charge in [0.05, 0.1) is 18.0 Å². The van der Waals surface area contributed by atoms with Crippen molar-refractivity contribution in [3.63, 3.8) is 0 Å². The van der Waals surface area contributed by atoms with Crippen molar-refractivity contribution in [1.29, 1.82) is 0 Å². The number of rotatable bonds is 6. The van der Waals surface area contributed by atoms with Crippen LogP contribution in [0.1, 0.15) is 26.9 Å². The highest BCUT2D eigenvalue weighted by molar-refractivity contribution is 7.89. The van der Waals surface area contributed by atoms with Crippen LogP contribution in [-0.2, 0) is 21.3 Å². The first-order valence-corrected chi connectivity index (χ1v) is 12.1. The molecule has 1 N–H and O–H groups in total. The molecule has 0 saturated carbocycles. The summed E-state index contributed by atoms with van der Waals surface area (Å²) in [5.74, 6) is -0.619. The predicted octanol–water partition coefficient (Wildman–Crippen LogP) is 3.58. The molecule has 1 unspecified atom stereocenters. The summed E-state index contributed by atoms with van der Waals surface area (Å²) in [4.78, 5) is 15.5. The molecule has 1 saturated heterocycles. The molecule has 1 aliphatic heterocycles. The van der Waals surface area contributed by atoms with Gasteiger partial charge in [-0.3, -0.25) is 4.79 Å². The monoisotopic (exact) mass is 460 g/mol. The summed E-state index contributed by atoms with van der Waals surface area (Å²) in [7, 11) is -3.68. The zero-order valence-corrected chi connectivity index (χ0v) is 18.2. The number of carbonyl (C=O) groups is 1. The van der Waals surface area contributed by atoms with E-state index in [2.05, 4.69) is 4.72 Å². The van der Waals surface area contributed by atoms with Crippen molar-refractivity contribution in [3.8, 4) is 0 Å². The number of benzene rings is 2. The number of nitrogens with one attached hydrogen (secondary N) is 1. The molecule has 0 spiro atoms. The maximum Gasteiger partial charge on any atom is 0.254 e. The number of amides is 1. The van der Waals surface area contributed by atoms with Gasteiger partial charge in [-0.05, 0) is 41.8 Å². The van der Waals surface area contributed by atoms with E-state index in [0.29, 0.717) is 24.3 Å². The smallest absolute Gasteiger partial charge is 0.254 e. The van der Waals surface area contributed by atoms with Crippen molar-refractivity contribution in [2.45, 2.75) is 17.5 Å². The lowest BCUT2D eigenvalue weighted by Crippen LogP contribution is -2.42. The lowest BCUT2D eigenvalue weighted by atomic mass is 10.1. The molecular weight excluding hydrogens is 439 g/mol. The standard InChI is InChI=1S/C22H21FN2O4S2/c23-20-6-2-1-5-19(20)21-15-25(11-12-29-21)22(26)16-7-9-18(10-8-16)31(27,28)24-14-17-4-3-13-30-17/h1-10,13,21,24H,11-12,14-15H2. The van der Waals surface area contributed by atoms with Gasteiger partial charge >= 0.3 is 0 Å². The molecule has 0 radical (unpaired) electrons. The highest BCUT2D eigenvalue weighted by Gasteiger charge is 2.28. The van der Waals surface area contributed by atoms with Crippen LogP contribution in [0.25, 0.3) is 0 Å². The third-order valence-corrected chi connectivity index (χ3v) is 7.33. The Hall–Kier alpha value is -2.59. The van der Waals surface area contributed by atoms with Gasteiger partial charge in [-0.1, -0.05) is 24.3 Å². The van der Waals surface area contributed by atoms with E-state index in [1.165, 1.54) is 41.7 Å². The Bertz CT molecular complexity index is 1150. The van der Waals surface area contributed by atoms with Crippen molar-refractivity contribution in [2.75, 3.05) is 19.7 Å². The molecule has 1 fully saturated rings. The number of morpholine rings is 1. The minimum atomic E-state index is -3.68. The summed E-state index contributed by atoms with van der Waals surface area (Å²) < 4.78 is 47.3. The maximum atomic E-state index is 14.1. The number of sulfonamides is 1. The van der Waals surface area contributed by atoms with Gasteiger partial charge < -0.3 is 9.64 Å². The number of nitrogens with zero attached hydrogens (tertiary/aromatic N) is 1. The summed E-state index contributed by atoms with van der Waals surface area (Å²) in [6, 6.07) is 15.9. The summed E-state index contributed by atoms with van der Waals surface area (Å²) >= 11 is 1.47. The van der Waals surface area contributed by atoms with E-state index in [1.807, 2.05) is 17.5 Å². The highest BCUT2D eigenvalue weighted by atomic mass is 32.2. The van der Waals surface area contributed by atoms with Gasteiger partial charge in [-0.2, -0.15) is 0 Å². The van der Waals surface area contributed by atoms with E-state index in [4.69, 9.17) is 4.74 Å². The molecule has 1 amide bonds. The number of thiophene rings is 1. The van der Waals surface area contributed by atoms with Gasteiger partial charge in [0.15, 0.2) is 0 Å². The van der Waals surface area contributed by atoms with Crippen LogP contribution in [0.4, 0.5) is 4.39 Å². The fraction of sp³-hybridized carbons (Fsp3) is 0.227. The number of ether oxygens (including phenoxy) is 1. The molecule has 2 aromatic carbocycles. The minimum Gasteiger partial charge on any atom is -0.370 e. The Morgan fingerprint density at radius 2 is 1.90 bits per heavy atom. The Labute approximate surface area is 184 Å². The fourth-order valence-electron chi connectivity index (χ4n) is 3.38. The van der Waals surface area contributed by atoms with Crippen molar-refractivity contribution >= 4 is 27.3 Å². The average Bonchev–Trinajstić information content (AvgIpc) is 3.32. The quantitative estimate of drug-likeness (QED) is 0.610. The number of hydrogen-bond donors (Lipinski definition) is 1. The predicted molar refractivity (Wildman–Crippen MR) is 116 cm³/mol. The second-order valence-electron chi connectivity index (χ2n) is 7.06. The second-order valence-corrected chi connectivity index (χ2v) is 9.86. The lowest BCUT2D eigenvalue weighted by molar-refractivity contribution is -0.0243. The van der Waals surface area contributed by atoms with Crippen LogP contribution in [-0.4, -0.2) is 38.9 Å². The van der Waals surface area contributed by atoms with Crippen molar-refractivity contribution < 1.29 is 22.3 Å². The lowest BCUT2D eigenvalue weighted by Gasteiger charge is -2.33. The second kappa shape index (κ2) is 9.27. The fourth-order valence-corrected chi connectivity index (χ4v) is 5.12. The van der Waals surface area contributed by atoms with Crippen LogP contribution in [0.15, 0.2) is 70.9 Å². The number of hydrogen-bond acceptors (Lipinski definition) is 5. The van der Waals surface area contributed by atoms with Gasteiger partial charge in [-0.25, -0.2) is 17.5 Å². The van der Waals surface area contributed by atoms with E-state index in [-0.39, 0.29) is 29.7 Å². The summed E-state index contributed by atoms with van der Waals surface area (Å²) in [5, 5.41) is 1.88. The van der Waals surface area contributed by atoms with Gasteiger partial charge in [0.1, 0.15) is 11.9 Å². The average molecular weight is 461 g/mol. The van der Waals surface area contributed by atoms with Crippen molar-refractivity contribution in [2.24, 2.45) is 0 Å². The van der Waals surface area contributed by atoms with Gasteiger partial charge in [0.2, 0.25) is 10.0 Å². The van der Waals surface area contributed by atoms with E-state index >= 15 is 0 Å². The van der Waals surface area contributed by atoms with E-state index in [9.17, 15) is 17.6 Å². The first-order valence-electron chi connectivity index (χ1n) is 9.71. The third-order valence-electron chi connectivity index (χ3n) is 5.03. The summed E-state index contributed by atoms with van der Waals surface area (Å²) in [5.41, 5.74) is 0.782. The molecule has 6 nitrogen and oxygen atoms in total. The molecule has 1 aromatic heterocycles. The van der Waals surface area contributed by atoms with E-state index in [0.717, 1.165) is 4.88 Å². The van der Waals surface area contributed by atoms with Crippen LogP contribution in [0.2, 0.25) is 0 Å². The number of carbonyl (C=O) groups excluding carboxylic acids is 1. The molecule has 0 aliphatic carbocycles. The van der Waals surface area contributed by atoms with E-state index in [1.54, 1.807) is 23.1 Å². The Kier molecular flexibility index (Phi) is 6.47. The van der Waals surface area contributed by atoms with Crippen LogP contribution in [0.3, 0.4) is 0 Å². The summed E-state index contributed by atoms with van der Waals surface area (Å²) in [6.07, 6.45) is -0.542. The first kappa shape index (κ1) is 21.6. The topological polar surface area (TPSA) is 75.7 Å². The zero-order valence-electron chi connectivity index (χ0n) is 16.5. The zero-order chi connectivity index (χ0) is 21.8. The maximum absolute atomic E-state index is 14.1. The van der Waals surface area contributed by atoms with Crippen LogP contribution < -0.4 is 4.72 Å². The van der Waals surface area contributed by atoms with Crippen LogP contribution in [0, 0.1) is 5.82 Å². The molecular formula is C22H21FN2O4S2. The number of halogens is 1. The molecule has 4 rings (SSSR count). The molecule has 2 heterocycles. The molecule has 162 valence electrons. The molecule has 3 aromatic rings. The molecule has 1 atom stereocenters.